The highest BCUT2D eigenvalue weighted by molar-refractivity contribution is 6.38. The summed E-state index contributed by atoms with van der Waals surface area (Å²) >= 11 is 0. The van der Waals surface area contributed by atoms with Crippen molar-refractivity contribution in [1.29, 1.82) is 0 Å². The highest BCUT2D eigenvalue weighted by atomic mass is 16.6. The number of carbonyl (C=O) groups is 10. The number of unbranched alkanes of at least 4 members (excludes halogenated alkanes) is 2. The minimum absolute atomic E-state index is 0.00622. The summed E-state index contributed by atoms with van der Waals surface area (Å²) < 4.78 is 39.7. The largest absolute Gasteiger partial charge is 0.493 e. The summed E-state index contributed by atoms with van der Waals surface area (Å²) in [5.74, 6) is -3.83. The lowest BCUT2D eigenvalue weighted by Gasteiger charge is -2.38. The van der Waals surface area contributed by atoms with Crippen molar-refractivity contribution in [3.8, 4) is 17.2 Å². The number of amides is 6. The van der Waals surface area contributed by atoms with E-state index in [4.69, 9.17) is 33.2 Å². The van der Waals surface area contributed by atoms with Crippen LogP contribution in [0.15, 0.2) is 60.7 Å². The molecule has 0 saturated carbocycles. The first-order valence-electron chi connectivity index (χ1n) is 28.7. The molecule has 2 N–H and O–H groups in total. The number of rotatable bonds is 35. The predicted octanol–water partition coefficient (Wildman–Crippen LogP) is 7.42. The average molecular weight is 1150 g/mol. The maximum atomic E-state index is 14.1. The highest BCUT2D eigenvalue weighted by Crippen LogP contribution is 2.38. The molecule has 3 aromatic rings. The molecule has 83 heavy (non-hydrogen) atoms. The number of aryl methyl sites for hydroxylation is 1. The molecule has 0 radical (unpaired) electrons. The SMILES string of the molecule is CCC(C)(C)C(=O)C(=O)N1CCCCC1C(=O)OC(CCc1ccc(OC)c(OC)c1)c1cccc(NC(=O)CCC(=O)CCCCOCCOCCOCCCCC(=O)COc2cccc3c2C(=O)N(C2(C)CCC(=O)NC2=O)C3=O)c1. The van der Waals surface area contributed by atoms with Crippen LogP contribution in [0.2, 0.25) is 0 Å². The van der Waals surface area contributed by atoms with Gasteiger partial charge in [0.15, 0.2) is 17.3 Å². The van der Waals surface area contributed by atoms with Gasteiger partial charge in [0.1, 0.15) is 35.8 Å². The summed E-state index contributed by atoms with van der Waals surface area (Å²) in [5, 5.41) is 5.08. The number of methoxy groups -OCH3 is 2. The second-order valence-electron chi connectivity index (χ2n) is 21.8. The topological polar surface area (TPSA) is 266 Å². The predicted molar refractivity (Wildman–Crippen MR) is 303 cm³/mol. The van der Waals surface area contributed by atoms with Crippen LogP contribution < -0.4 is 24.8 Å². The Kier molecular flexibility index (Phi) is 24.5. The number of hydrogen-bond donors (Lipinski definition) is 2. The van der Waals surface area contributed by atoms with Crippen molar-refractivity contribution in [3.63, 3.8) is 0 Å². The molecule has 2 fully saturated rings. The van der Waals surface area contributed by atoms with Gasteiger partial charge in [0.05, 0.1) is 51.8 Å². The number of imide groups is 2. The fourth-order valence-electron chi connectivity index (χ4n) is 9.92. The number of Topliss-reactive ketones (excluding diaryl/α,β-unsaturated/α-hetero) is 3. The van der Waals surface area contributed by atoms with Gasteiger partial charge < -0.3 is 43.4 Å². The molecule has 0 bridgehead atoms. The first-order valence-corrected chi connectivity index (χ1v) is 28.7. The van der Waals surface area contributed by atoms with Crippen LogP contribution in [-0.4, -0.2) is 147 Å². The summed E-state index contributed by atoms with van der Waals surface area (Å²) in [6, 6.07) is 16.1. The van der Waals surface area contributed by atoms with Crippen molar-refractivity contribution < 1.29 is 81.1 Å². The van der Waals surface area contributed by atoms with Crippen LogP contribution in [0.25, 0.3) is 0 Å². The van der Waals surface area contributed by atoms with Gasteiger partial charge in [-0.3, -0.25) is 53.4 Å². The number of ether oxygens (including phenoxy) is 7. The third-order valence-electron chi connectivity index (χ3n) is 15.4. The maximum absolute atomic E-state index is 14.1. The number of likely N-dealkylation sites (tertiary alicyclic amines) is 1. The van der Waals surface area contributed by atoms with Crippen LogP contribution in [0, 0.1) is 5.41 Å². The van der Waals surface area contributed by atoms with E-state index in [9.17, 15) is 47.9 Å². The molecule has 3 heterocycles. The van der Waals surface area contributed by atoms with E-state index in [1.165, 1.54) is 30.0 Å². The Balaban J connectivity index is 0.826. The van der Waals surface area contributed by atoms with Crippen molar-refractivity contribution >= 4 is 64.4 Å². The van der Waals surface area contributed by atoms with E-state index >= 15 is 0 Å². The van der Waals surface area contributed by atoms with Crippen LogP contribution >= 0.6 is 0 Å². The van der Waals surface area contributed by atoms with E-state index in [1.807, 2.05) is 19.1 Å². The van der Waals surface area contributed by atoms with Gasteiger partial charge >= 0.3 is 5.97 Å². The Hall–Kier alpha value is -7.36. The normalized spacial score (nSPS) is 17.3. The Labute approximate surface area is 485 Å². The van der Waals surface area contributed by atoms with Crippen LogP contribution in [-0.2, 0) is 63.7 Å². The second-order valence-corrected chi connectivity index (χ2v) is 21.8. The molecule has 0 spiro atoms. The van der Waals surface area contributed by atoms with Gasteiger partial charge in [-0.2, -0.15) is 0 Å². The molecule has 6 rings (SSSR count). The van der Waals surface area contributed by atoms with E-state index in [-0.39, 0.29) is 79.6 Å². The van der Waals surface area contributed by atoms with Gasteiger partial charge in [-0.05, 0) is 125 Å². The molecule has 3 aliphatic rings. The van der Waals surface area contributed by atoms with Crippen LogP contribution in [0.3, 0.4) is 0 Å². The molecule has 0 aromatic heterocycles. The molecule has 21 heteroatoms. The van der Waals surface area contributed by atoms with Crippen molar-refractivity contribution in [3.05, 3.63) is 82.9 Å². The number of ketones is 3. The zero-order valence-corrected chi connectivity index (χ0v) is 48.7. The fourth-order valence-corrected chi connectivity index (χ4v) is 9.92. The number of esters is 1. The lowest BCUT2D eigenvalue weighted by Crippen LogP contribution is -2.62. The minimum Gasteiger partial charge on any atom is -0.493 e. The number of benzene rings is 3. The van der Waals surface area contributed by atoms with Gasteiger partial charge in [-0.1, -0.05) is 45.0 Å². The Morgan fingerprint density at radius 2 is 1.42 bits per heavy atom. The second kappa shape index (κ2) is 31.3. The average Bonchev–Trinajstić information content (AvgIpc) is 2.00. The number of nitrogens with one attached hydrogen (secondary N) is 2. The van der Waals surface area contributed by atoms with Gasteiger partial charge in [0.2, 0.25) is 17.6 Å². The molecule has 3 aromatic carbocycles. The Morgan fingerprint density at radius 1 is 0.747 bits per heavy atom. The summed E-state index contributed by atoms with van der Waals surface area (Å²) in [6.07, 6.45) is 5.18. The van der Waals surface area contributed by atoms with E-state index < -0.39 is 64.4 Å². The monoisotopic (exact) mass is 1150 g/mol. The maximum Gasteiger partial charge on any atom is 0.329 e. The fraction of sp³-hybridized carbons (Fsp3) is 0.548. The van der Waals surface area contributed by atoms with E-state index in [2.05, 4.69) is 10.6 Å². The zero-order valence-electron chi connectivity index (χ0n) is 48.7. The number of anilines is 1. The van der Waals surface area contributed by atoms with Gasteiger partial charge in [-0.15, -0.1) is 0 Å². The lowest BCUT2D eigenvalue weighted by atomic mass is 9.84. The molecule has 3 aliphatic heterocycles. The van der Waals surface area contributed by atoms with E-state index in [0.717, 1.165) is 10.5 Å². The molecule has 21 nitrogen and oxygen atoms in total. The molecule has 2 saturated heterocycles. The van der Waals surface area contributed by atoms with Gasteiger partial charge in [0, 0.05) is 63.0 Å². The summed E-state index contributed by atoms with van der Waals surface area (Å²) in [6.45, 7) is 9.01. The lowest BCUT2D eigenvalue weighted by molar-refractivity contribution is -0.164. The molecule has 450 valence electrons. The molecule has 6 amide bonds. The van der Waals surface area contributed by atoms with Crippen molar-refractivity contribution in [1.82, 2.24) is 15.1 Å². The zero-order chi connectivity index (χ0) is 60.1. The Bertz CT molecular complexity index is 2830. The quantitative estimate of drug-likeness (QED) is 0.0251. The number of hydrogen-bond acceptors (Lipinski definition) is 17. The van der Waals surface area contributed by atoms with Crippen LogP contribution in [0.4, 0.5) is 5.69 Å². The summed E-state index contributed by atoms with van der Waals surface area (Å²) in [5.41, 5.74) is -0.402. The first-order chi connectivity index (χ1) is 39.8. The van der Waals surface area contributed by atoms with Crippen LogP contribution in [0.1, 0.15) is 162 Å². The van der Waals surface area contributed by atoms with E-state index in [0.29, 0.717) is 133 Å². The van der Waals surface area contributed by atoms with Gasteiger partial charge in [-0.25, -0.2) is 4.79 Å². The molecule has 3 atom stereocenters. The van der Waals surface area contributed by atoms with Crippen molar-refractivity contribution in [2.75, 3.05) is 72.3 Å². The standard InChI is InChI=1S/C62H80N4O17/c1-7-61(2,3)55(71)58(74)65-31-11-8-21-47(65)59(75)83-48(26-23-41-24-27-49(77-5)51(38-41)78-6)42-16-14-17-43(39-42)63-52(69)28-25-44(67)18-9-12-32-79-34-36-81-37-35-80-33-13-10-19-45(68)40-82-50-22-15-20-46-54(50)57(73)66(56(46)72)62(4)30-29-53(70)64-60(62)76/h14-17,20,22,24,27,38-39,47-48H,7-13,18-19,21,23,25-26,28-37,40H2,1-6H3,(H,63,69)(H,64,70,76). The minimum atomic E-state index is -1.54. The third-order valence-corrected chi connectivity index (χ3v) is 15.4. The number of piperidine rings is 2. The smallest absolute Gasteiger partial charge is 0.329 e. The Morgan fingerprint density at radius 3 is 2.10 bits per heavy atom. The number of fused-ring (bicyclic) bond motifs is 1. The summed E-state index contributed by atoms with van der Waals surface area (Å²) in [7, 11) is 3.10. The highest BCUT2D eigenvalue weighted by Gasteiger charge is 2.53. The molecular weight excluding hydrogens is 1070 g/mol. The summed E-state index contributed by atoms with van der Waals surface area (Å²) in [4.78, 5) is 133. The van der Waals surface area contributed by atoms with Gasteiger partial charge in [0.25, 0.3) is 23.6 Å². The van der Waals surface area contributed by atoms with Crippen molar-refractivity contribution in [2.24, 2.45) is 5.41 Å². The van der Waals surface area contributed by atoms with Crippen LogP contribution in [0.5, 0.6) is 17.2 Å². The van der Waals surface area contributed by atoms with Crippen molar-refractivity contribution in [2.45, 2.75) is 148 Å². The molecule has 3 unspecified atom stereocenters. The molecule has 0 aliphatic carbocycles. The number of carbonyl (C=O) groups excluding carboxylic acids is 10. The molecular formula is C62H80N4O17. The first kappa shape index (κ1) is 64.8. The third kappa shape index (κ3) is 17.8. The number of nitrogens with zero attached hydrogens (tertiary/aromatic N) is 2. The van der Waals surface area contributed by atoms with E-state index in [1.54, 1.807) is 58.4 Å².